The minimum Gasteiger partial charge on any atom is -0.370 e. The molecule has 1 unspecified atom stereocenters. The number of rotatable bonds is 7. The van der Waals surface area contributed by atoms with Crippen LogP contribution in [-0.4, -0.2) is 52.9 Å². The molecule has 1 fully saturated rings. The standard InChI is InChI=1S/C19H28N6/c1-2-24-12-6-9-18(24)14-22-19(20)21-11-10-16-13-23-25(15-16)17-7-4-3-5-8-17/h3-5,7-8,13,15,18H,2,6,9-12,14H2,1H3,(H3,20,21,22). The normalized spacial score (nSPS) is 18.6. The number of hydrogen-bond acceptors (Lipinski definition) is 3. The van der Waals surface area contributed by atoms with E-state index in [-0.39, 0.29) is 0 Å². The number of benzene rings is 1. The molecule has 0 bridgehead atoms. The molecule has 0 spiro atoms. The van der Waals surface area contributed by atoms with E-state index in [4.69, 9.17) is 5.73 Å². The van der Waals surface area contributed by atoms with Crippen molar-refractivity contribution in [2.24, 2.45) is 10.7 Å². The third kappa shape index (κ3) is 4.82. The molecule has 1 aliphatic heterocycles. The van der Waals surface area contributed by atoms with E-state index in [1.54, 1.807) is 0 Å². The highest BCUT2D eigenvalue weighted by atomic mass is 15.3. The molecule has 1 aliphatic rings. The van der Waals surface area contributed by atoms with Gasteiger partial charge in [0.05, 0.1) is 18.4 Å². The first-order valence-electron chi connectivity index (χ1n) is 9.13. The molecule has 0 saturated carbocycles. The minimum atomic E-state index is 0.540. The molecule has 1 aromatic carbocycles. The van der Waals surface area contributed by atoms with E-state index in [2.05, 4.69) is 33.4 Å². The number of aliphatic imine (C=N–C) groups is 1. The second-order valence-electron chi connectivity index (χ2n) is 6.46. The van der Waals surface area contributed by atoms with E-state index in [9.17, 15) is 0 Å². The number of nitrogens with one attached hydrogen (secondary N) is 1. The molecule has 2 heterocycles. The predicted octanol–water partition coefficient (Wildman–Crippen LogP) is 1.80. The van der Waals surface area contributed by atoms with Gasteiger partial charge >= 0.3 is 0 Å². The van der Waals surface area contributed by atoms with E-state index in [1.165, 1.54) is 24.9 Å². The molecular formula is C19H28N6. The van der Waals surface area contributed by atoms with Gasteiger partial charge < -0.3 is 11.1 Å². The third-order valence-electron chi connectivity index (χ3n) is 4.75. The van der Waals surface area contributed by atoms with Crippen molar-refractivity contribution in [1.82, 2.24) is 20.0 Å². The molecule has 1 atom stereocenters. The van der Waals surface area contributed by atoms with Gasteiger partial charge in [-0.05, 0) is 50.0 Å². The summed E-state index contributed by atoms with van der Waals surface area (Å²) in [6.45, 7) is 6.05. The Morgan fingerprint density at radius 2 is 2.20 bits per heavy atom. The zero-order valence-corrected chi connectivity index (χ0v) is 14.9. The molecule has 0 aliphatic carbocycles. The molecule has 6 nitrogen and oxygen atoms in total. The number of para-hydroxylation sites is 1. The molecule has 25 heavy (non-hydrogen) atoms. The highest BCUT2D eigenvalue weighted by Gasteiger charge is 2.22. The summed E-state index contributed by atoms with van der Waals surface area (Å²) >= 11 is 0. The number of nitrogens with two attached hydrogens (primary N) is 1. The van der Waals surface area contributed by atoms with Crippen molar-refractivity contribution >= 4 is 5.96 Å². The summed E-state index contributed by atoms with van der Waals surface area (Å²) in [6.07, 6.45) is 7.32. The maximum atomic E-state index is 6.00. The molecule has 2 aromatic rings. The Labute approximate surface area is 149 Å². The zero-order valence-electron chi connectivity index (χ0n) is 14.9. The van der Waals surface area contributed by atoms with Crippen LogP contribution in [0.1, 0.15) is 25.3 Å². The highest BCUT2D eigenvalue weighted by Crippen LogP contribution is 2.16. The molecule has 6 heteroatoms. The first-order valence-corrected chi connectivity index (χ1v) is 9.13. The Kier molecular flexibility index (Phi) is 6.06. The fraction of sp³-hybridized carbons (Fsp3) is 0.474. The van der Waals surface area contributed by atoms with E-state index in [0.717, 1.165) is 31.7 Å². The van der Waals surface area contributed by atoms with Gasteiger partial charge in [-0.1, -0.05) is 25.1 Å². The summed E-state index contributed by atoms with van der Waals surface area (Å²) in [5, 5.41) is 7.62. The molecule has 1 saturated heterocycles. The first kappa shape index (κ1) is 17.5. The van der Waals surface area contributed by atoms with Crippen LogP contribution in [0.3, 0.4) is 0 Å². The summed E-state index contributed by atoms with van der Waals surface area (Å²) in [5.41, 5.74) is 8.25. The van der Waals surface area contributed by atoms with Crippen molar-refractivity contribution in [1.29, 1.82) is 0 Å². The summed E-state index contributed by atoms with van der Waals surface area (Å²) in [6, 6.07) is 10.7. The average molecular weight is 340 g/mol. The monoisotopic (exact) mass is 340 g/mol. The smallest absolute Gasteiger partial charge is 0.188 e. The van der Waals surface area contributed by atoms with E-state index < -0.39 is 0 Å². The fourth-order valence-electron chi connectivity index (χ4n) is 3.32. The average Bonchev–Trinajstić information content (AvgIpc) is 3.30. The SMILES string of the molecule is CCN1CCCC1CN=C(N)NCCc1cnn(-c2ccccc2)c1. The van der Waals surface area contributed by atoms with E-state index in [0.29, 0.717) is 12.0 Å². The van der Waals surface area contributed by atoms with Crippen LogP contribution in [0, 0.1) is 0 Å². The number of nitrogens with zero attached hydrogens (tertiary/aromatic N) is 4. The molecule has 134 valence electrons. The lowest BCUT2D eigenvalue weighted by molar-refractivity contribution is 0.273. The van der Waals surface area contributed by atoms with Crippen LogP contribution in [0.5, 0.6) is 0 Å². The van der Waals surface area contributed by atoms with Gasteiger partial charge in [-0.15, -0.1) is 0 Å². The van der Waals surface area contributed by atoms with Crippen molar-refractivity contribution in [3.63, 3.8) is 0 Å². The number of guanidine groups is 1. The molecule has 0 radical (unpaired) electrons. The Bertz CT molecular complexity index is 678. The van der Waals surface area contributed by atoms with Crippen LogP contribution in [0.4, 0.5) is 0 Å². The predicted molar refractivity (Wildman–Crippen MR) is 102 cm³/mol. The topological polar surface area (TPSA) is 71.5 Å². The summed E-state index contributed by atoms with van der Waals surface area (Å²) in [4.78, 5) is 6.99. The number of likely N-dealkylation sites (N-methyl/N-ethyl adjacent to an activating group) is 1. The van der Waals surface area contributed by atoms with Crippen LogP contribution in [0.15, 0.2) is 47.7 Å². The molecule has 3 N–H and O–H groups in total. The van der Waals surface area contributed by atoms with Gasteiger partial charge in [0.15, 0.2) is 5.96 Å². The molecule has 1 aromatic heterocycles. The van der Waals surface area contributed by atoms with Gasteiger partial charge in [-0.2, -0.15) is 5.10 Å². The van der Waals surface area contributed by atoms with Crippen LogP contribution >= 0.6 is 0 Å². The van der Waals surface area contributed by atoms with Gasteiger partial charge in [-0.25, -0.2) is 4.68 Å². The number of likely N-dealkylation sites (tertiary alicyclic amines) is 1. The van der Waals surface area contributed by atoms with Crippen LogP contribution < -0.4 is 11.1 Å². The van der Waals surface area contributed by atoms with Crippen molar-refractivity contribution < 1.29 is 0 Å². The Hall–Kier alpha value is -2.34. The van der Waals surface area contributed by atoms with Crippen LogP contribution in [0.25, 0.3) is 5.69 Å². The number of hydrogen-bond donors (Lipinski definition) is 2. The summed E-state index contributed by atoms with van der Waals surface area (Å²) in [5.74, 6) is 0.540. The molecular weight excluding hydrogens is 312 g/mol. The van der Waals surface area contributed by atoms with E-state index in [1.807, 2.05) is 41.2 Å². The summed E-state index contributed by atoms with van der Waals surface area (Å²) < 4.78 is 1.90. The van der Waals surface area contributed by atoms with Gasteiger partial charge in [0.2, 0.25) is 0 Å². The first-order chi connectivity index (χ1) is 12.3. The lowest BCUT2D eigenvalue weighted by atomic mass is 10.2. The maximum absolute atomic E-state index is 6.00. The Morgan fingerprint density at radius 3 is 3.00 bits per heavy atom. The summed E-state index contributed by atoms with van der Waals surface area (Å²) in [7, 11) is 0. The molecule has 3 rings (SSSR count). The lowest BCUT2D eigenvalue weighted by Gasteiger charge is -2.20. The quantitative estimate of drug-likeness (QED) is 0.596. The number of aromatic nitrogens is 2. The van der Waals surface area contributed by atoms with E-state index >= 15 is 0 Å². The zero-order chi connectivity index (χ0) is 17.5. The Morgan fingerprint density at radius 1 is 1.36 bits per heavy atom. The van der Waals surface area contributed by atoms with Gasteiger partial charge in [-0.3, -0.25) is 9.89 Å². The maximum Gasteiger partial charge on any atom is 0.188 e. The largest absolute Gasteiger partial charge is 0.370 e. The van der Waals surface area contributed by atoms with Crippen molar-refractivity contribution in [2.75, 3.05) is 26.2 Å². The molecule has 0 amide bonds. The van der Waals surface area contributed by atoms with Crippen molar-refractivity contribution in [3.8, 4) is 5.69 Å². The van der Waals surface area contributed by atoms with Crippen molar-refractivity contribution in [2.45, 2.75) is 32.2 Å². The third-order valence-corrected chi connectivity index (χ3v) is 4.75. The van der Waals surface area contributed by atoms with Crippen LogP contribution in [-0.2, 0) is 6.42 Å². The second-order valence-corrected chi connectivity index (χ2v) is 6.46. The van der Waals surface area contributed by atoms with Crippen LogP contribution in [0.2, 0.25) is 0 Å². The van der Waals surface area contributed by atoms with Crippen molar-refractivity contribution in [3.05, 3.63) is 48.3 Å². The van der Waals surface area contributed by atoms with Gasteiger partial charge in [0, 0.05) is 18.8 Å². The second kappa shape index (κ2) is 8.67. The fourth-order valence-corrected chi connectivity index (χ4v) is 3.32. The van der Waals surface area contributed by atoms with Gasteiger partial charge in [0.1, 0.15) is 0 Å². The minimum absolute atomic E-state index is 0.540. The highest BCUT2D eigenvalue weighted by molar-refractivity contribution is 5.77. The van der Waals surface area contributed by atoms with Gasteiger partial charge in [0.25, 0.3) is 0 Å². The lowest BCUT2D eigenvalue weighted by Crippen LogP contribution is -2.36. The Balaban J connectivity index is 1.43.